The van der Waals surface area contributed by atoms with Crippen molar-refractivity contribution in [2.75, 3.05) is 12.4 Å². The summed E-state index contributed by atoms with van der Waals surface area (Å²) in [4.78, 5) is 23.3. The largest absolute Gasteiger partial charge is 0.466 e. The van der Waals surface area contributed by atoms with Gasteiger partial charge in [0.05, 0.1) is 13.0 Å². The smallest absolute Gasteiger partial charge is 0.320 e. The summed E-state index contributed by atoms with van der Waals surface area (Å²) in [6.07, 6.45) is 4.39. The fourth-order valence-electron chi connectivity index (χ4n) is 2.07. The van der Waals surface area contributed by atoms with Crippen molar-refractivity contribution < 1.29 is 19.1 Å². The van der Waals surface area contributed by atoms with Crippen molar-refractivity contribution in [1.29, 1.82) is 0 Å². The van der Waals surface area contributed by atoms with Crippen molar-refractivity contribution in [3.63, 3.8) is 0 Å². The number of rotatable bonds is 7. The first-order valence-corrected chi connectivity index (χ1v) is 8.05. The van der Waals surface area contributed by atoms with Crippen molar-refractivity contribution in [2.24, 2.45) is 0 Å². The summed E-state index contributed by atoms with van der Waals surface area (Å²) in [5.74, 6) is 0.154. The van der Waals surface area contributed by atoms with Gasteiger partial charge in [-0.1, -0.05) is 19.8 Å². The first-order valence-electron chi connectivity index (χ1n) is 7.01. The number of unbranched alkanes of at least 4 members (excludes halogenated alkanes) is 2. The van der Waals surface area contributed by atoms with Crippen LogP contribution in [0.2, 0.25) is 0 Å². The van der Waals surface area contributed by atoms with Crippen LogP contribution in [-0.4, -0.2) is 35.1 Å². The quantitative estimate of drug-likeness (QED) is 0.532. The summed E-state index contributed by atoms with van der Waals surface area (Å²) in [6, 6.07) is 0. The molecule has 1 heterocycles. The molecule has 0 bridgehead atoms. The summed E-state index contributed by atoms with van der Waals surface area (Å²) < 4.78 is 10.4. The summed E-state index contributed by atoms with van der Waals surface area (Å²) in [5.41, 5.74) is -0.373. The van der Waals surface area contributed by atoms with Crippen LogP contribution in [-0.2, 0) is 19.1 Å². The van der Waals surface area contributed by atoms with E-state index in [0.717, 1.165) is 31.4 Å². The predicted octanol–water partition coefficient (Wildman–Crippen LogP) is 2.94. The number of hydrogen-bond donors (Lipinski definition) is 0. The number of ether oxygens (including phenoxy) is 2. The van der Waals surface area contributed by atoms with Gasteiger partial charge in [-0.15, -0.1) is 11.8 Å². The number of hydrogen-bond acceptors (Lipinski definition) is 5. The van der Waals surface area contributed by atoms with Crippen LogP contribution >= 0.6 is 11.8 Å². The Labute approximate surface area is 119 Å². The molecule has 2 atom stereocenters. The average molecular weight is 288 g/mol. The minimum atomic E-state index is -0.404. The zero-order chi connectivity index (χ0) is 14.3. The second-order valence-corrected chi connectivity index (χ2v) is 6.33. The molecule has 0 amide bonds. The van der Waals surface area contributed by atoms with Gasteiger partial charge in [-0.2, -0.15) is 0 Å². The summed E-state index contributed by atoms with van der Waals surface area (Å²) in [6.45, 7) is 6.24. The Kier molecular flexibility index (Phi) is 6.69. The second kappa shape index (κ2) is 7.78. The second-order valence-electron chi connectivity index (χ2n) is 5.14. The Bertz CT molecular complexity index is 319. The van der Waals surface area contributed by atoms with Gasteiger partial charge in [0, 0.05) is 5.75 Å². The van der Waals surface area contributed by atoms with Crippen LogP contribution < -0.4 is 0 Å². The van der Waals surface area contributed by atoms with E-state index in [1.54, 1.807) is 6.92 Å². The van der Waals surface area contributed by atoms with Crippen molar-refractivity contribution >= 4 is 23.7 Å². The molecule has 1 aliphatic heterocycles. The molecular weight excluding hydrogens is 264 g/mol. The molecule has 0 N–H and O–H groups in total. The van der Waals surface area contributed by atoms with Gasteiger partial charge >= 0.3 is 11.9 Å². The third-order valence-electron chi connectivity index (χ3n) is 3.17. The number of cyclic esters (lactones) is 1. The fraction of sp³-hybridized carbons (Fsp3) is 0.857. The Morgan fingerprint density at radius 1 is 1.47 bits per heavy atom. The summed E-state index contributed by atoms with van der Waals surface area (Å²) in [5, 5.41) is -0.404. The number of carbonyl (C=O) groups is 2. The lowest BCUT2D eigenvalue weighted by Gasteiger charge is -2.36. The van der Waals surface area contributed by atoms with Crippen LogP contribution in [0.5, 0.6) is 0 Å². The van der Waals surface area contributed by atoms with Crippen LogP contribution in [0.3, 0.4) is 0 Å². The van der Waals surface area contributed by atoms with E-state index in [1.807, 2.05) is 6.92 Å². The minimum absolute atomic E-state index is 0.113. The van der Waals surface area contributed by atoms with Crippen LogP contribution in [0.4, 0.5) is 0 Å². The predicted molar refractivity (Wildman–Crippen MR) is 76.1 cm³/mol. The molecule has 0 aromatic heterocycles. The van der Waals surface area contributed by atoms with Crippen LogP contribution in [0.15, 0.2) is 0 Å². The fourth-order valence-corrected chi connectivity index (χ4v) is 3.26. The molecule has 0 aromatic carbocycles. The summed E-state index contributed by atoms with van der Waals surface area (Å²) in [7, 11) is 0. The molecule has 0 aliphatic carbocycles. The number of esters is 2. The SMILES string of the molecule is CCCCCC1(C)CSC(CC(=O)OCC)C(=O)O1. The maximum absolute atomic E-state index is 11.9. The van der Waals surface area contributed by atoms with E-state index < -0.39 is 5.25 Å². The van der Waals surface area contributed by atoms with Gasteiger partial charge in [0.25, 0.3) is 0 Å². The lowest BCUT2D eigenvalue weighted by molar-refractivity contribution is -0.160. The Morgan fingerprint density at radius 2 is 2.21 bits per heavy atom. The van der Waals surface area contributed by atoms with Gasteiger partial charge in [-0.05, 0) is 26.7 Å². The average Bonchev–Trinajstić information content (AvgIpc) is 2.34. The third kappa shape index (κ3) is 5.43. The van der Waals surface area contributed by atoms with E-state index in [-0.39, 0.29) is 24.0 Å². The highest BCUT2D eigenvalue weighted by molar-refractivity contribution is 8.00. The van der Waals surface area contributed by atoms with Gasteiger partial charge in [0.2, 0.25) is 0 Å². The molecule has 1 saturated heterocycles. The zero-order valence-corrected chi connectivity index (χ0v) is 12.9. The zero-order valence-electron chi connectivity index (χ0n) is 12.1. The Balaban J connectivity index is 2.42. The van der Waals surface area contributed by atoms with Gasteiger partial charge in [-0.25, -0.2) is 0 Å². The standard InChI is InChI=1S/C14H24O4S/c1-4-6-7-8-14(3)10-19-11(13(16)18-14)9-12(15)17-5-2/h11H,4-10H2,1-3H3. The van der Waals surface area contributed by atoms with E-state index in [1.165, 1.54) is 11.8 Å². The van der Waals surface area contributed by atoms with Crippen LogP contribution in [0.25, 0.3) is 0 Å². The molecule has 2 unspecified atom stereocenters. The van der Waals surface area contributed by atoms with E-state index in [0.29, 0.717) is 6.61 Å². The monoisotopic (exact) mass is 288 g/mol. The molecular formula is C14H24O4S. The molecule has 0 saturated carbocycles. The molecule has 1 aliphatic rings. The van der Waals surface area contributed by atoms with Gasteiger partial charge in [0.1, 0.15) is 10.9 Å². The third-order valence-corrected chi connectivity index (χ3v) is 4.71. The summed E-state index contributed by atoms with van der Waals surface area (Å²) >= 11 is 1.52. The molecule has 0 aromatic rings. The maximum atomic E-state index is 11.9. The normalized spacial score (nSPS) is 26.9. The van der Waals surface area contributed by atoms with Crippen molar-refractivity contribution in [3.8, 4) is 0 Å². The van der Waals surface area contributed by atoms with Crippen molar-refractivity contribution in [2.45, 2.75) is 63.7 Å². The van der Waals surface area contributed by atoms with Crippen molar-refractivity contribution in [1.82, 2.24) is 0 Å². The molecule has 0 spiro atoms. The Hall–Kier alpha value is -0.710. The molecule has 1 rings (SSSR count). The number of carbonyl (C=O) groups excluding carboxylic acids is 2. The van der Waals surface area contributed by atoms with E-state index in [9.17, 15) is 9.59 Å². The lowest BCUT2D eigenvalue weighted by Crippen LogP contribution is -2.44. The highest BCUT2D eigenvalue weighted by atomic mass is 32.2. The van der Waals surface area contributed by atoms with Crippen molar-refractivity contribution in [3.05, 3.63) is 0 Å². The highest BCUT2D eigenvalue weighted by Crippen LogP contribution is 2.34. The van der Waals surface area contributed by atoms with Crippen LogP contribution in [0.1, 0.15) is 52.9 Å². The Morgan fingerprint density at radius 3 is 2.79 bits per heavy atom. The molecule has 4 nitrogen and oxygen atoms in total. The minimum Gasteiger partial charge on any atom is -0.466 e. The van der Waals surface area contributed by atoms with Gasteiger partial charge in [0.15, 0.2) is 0 Å². The number of thioether (sulfide) groups is 1. The van der Waals surface area contributed by atoms with Gasteiger partial charge < -0.3 is 9.47 Å². The topological polar surface area (TPSA) is 52.6 Å². The molecule has 19 heavy (non-hydrogen) atoms. The molecule has 110 valence electrons. The van der Waals surface area contributed by atoms with Crippen LogP contribution in [0, 0.1) is 0 Å². The molecule has 1 fully saturated rings. The molecule has 5 heteroatoms. The van der Waals surface area contributed by atoms with E-state index >= 15 is 0 Å². The van der Waals surface area contributed by atoms with E-state index in [4.69, 9.17) is 9.47 Å². The first-order chi connectivity index (χ1) is 9.00. The van der Waals surface area contributed by atoms with E-state index in [2.05, 4.69) is 6.92 Å². The highest BCUT2D eigenvalue weighted by Gasteiger charge is 2.39. The van der Waals surface area contributed by atoms with Gasteiger partial charge in [-0.3, -0.25) is 9.59 Å². The first kappa shape index (κ1) is 16.3. The lowest BCUT2D eigenvalue weighted by atomic mass is 10.00. The molecule has 0 radical (unpaired) electrons. The maximum Gasteiger partial charge on any atom is 0.320 e.